The molecule has 1 aromatic carbocycles. The molecule has 0 bridgehead atoms. The van der Waals surface area contributed by atoms with Crippen LogP contribution in [-0.2, 0) is 19.1 Å². The summed E-state index contributed by atoms with van der Waals surface area (Å²) in [5.74, 6) is -1.77. The van der Waals surface area contributed by atoms with Crippen LogP contribution in [0.25, 0.3) is 0 Å². The van der Waals surface area contributed by atoms with Crippen molar-refractivity contribution in [2.75, 3.05) is 26.4 Å². The second-order valence-electron chi connectivity index (χ2n) is 9.41. The fraction of sp³-hybridized carbons (Fsp3) is 0.571. The van der Waals surface area contributed by atoms with E-state index in [4.69, 9.17) is 19.7 Å². The van der Waals surface area contributed by atoms with E-state index in [-0.39, 0.29) is 29.9 Å². The second kappa shape index (κ2) is 14.8. The second-order valence-corrected chi connectivity index (χ2v) is 9.41. The average molecular weight is 491 g/mol. The number of carbonyl (C=O) groups excluding carboxylic acids is 2. The molecule has 1 saturated carbocycles. The third kappa shape index (κ3) is 8.89. The van der Waals surface area contributed by atoms with Gasteiger partial charge in [-0.15, -0.1) is 0 Å². The SMILES string of the molecule is C=C(CO)C(=O)OCC(COC(=O)C(=C)CO)c1ccc(C2CCC(CCCCC)CC2)cc1F. The quantitative estimate of drug-likeness (QED) is 0.218. The molecule has 7 heteroatoms. The van der Waals surface area contributed by atoms with Crippen molar-refractivity contribution in [2.24, 2.45) is 5.92 Å². The molecule has 0 aromatic heterocycles. The Morgan fingerprint density at radius 3 is 2.06 bits per heavy atom. The minimum atomic E-state index is -0.809. The summed E-state index contributed by atoms with van der Waals surface area (Å²) < 4.78 is 25.6. The first kappa shape index (κ1) is 28.7. The fourth-order valence-electron chi connectivity index (χ4n) is 4.51. The number of hydrogen-bond donors (Lipinski definition) is 2. The highest BCUT2D eigenvalue weighted by atomic mass is 19.1. The van der Waals surface area contributed by atoms with E-state index in [0.29, 0.717) is 5.92 Å². The van der Waals surface area contributed by atoms with Crippen LogP contribution >= 0.6 is 0 Å². The van der Waals surface area contributed by atoms with Gasteiger partial charge in [-0.2, -0.15) is 0 Å². The van der Waals surface area contributed by atoms with Gasteiger partial charge in [0.15, 0.2) is 0 Å². The van der Waals surface area contributed by atoms with Gasteiger partial charge < -0.3 is 19.7 Å². The Morgan fingerprint density at radius 1 is 1.00 bits per heavy atom. The number of benzene rings is 1. The van der Waals surface area contributed by atoms with Crippen LogP contribution in [0.5, 0.6) is 0 Å². The van der Waals surface area contributed by atoms with Crippen LogP contribution in [-0.4, -0.2) is 48.6 Å². The van der Waals surface area contributed by atoms with Gasteiger partial charge in [-0.05, 0) is 54.7 Å². The molecular formula is C28H39FO6. The summed E-state index contributed by atoms with van der Waals surface area (Å²) in [5, 5.41) is 18.1. The summed E-state index contributed by atoms with van der Waals surface area (Å²) >= 11 is 0. The Bertz CT molecular complexity index is 840. The monoisotopic (exact) mass is 490 g/mol. The number of halogens is 1. The lowest BCUT2D eigenvalue weighted by Crippen LogP contribution is -2.22. The van der Waals surface area contributed by atoms with E-state index in [1.54, 1.807) is 6.07 Å². The van der Waals surface area contributed by atoms with Crippen LogP contribution in [0.1, 0.15) is 81.3 Å². The van der Waals surface area contributed by atoms with Crippen LogP contribution in [0, 0.1) is 11.7 Å². The van der Waals surface area contributed by atoms with Gasteiger partial charge in [0.2, 0.25) is 0 Å². The van der Waals surface area contributed by atoms with E-state index in [9.17, 15) is 9.59 Å². The third-order valence-electron chi connectivity index (χ3n) is 6.79. The third-order valence-corrected chi connectivity index (χ3v) is 6.79. The number of rotatable bonds is 14. The first-order valence-electron chi connectivity index (χ1n) is 12.5. The molecule has 0 amide bonds. The number of carbonyl (C=O) groups is 2. The van der Waals surface area contributed by atoms with Crippen LogP contribution in [0.15, 0.2) is 42.5 Å². The lowest BCUT2D eigenvalue weighted by Gasteiger charge is -2.29. The van der Waals surface area contributed by atoms with Crippen molar-refractivity contribution in [1.82, 2.24) is 0 Å². The van der Waals surface area contributed by atoms with Crippen molar-refractivity contribution in [1.29, 1.82) is 0 Å². The van der Waals surface area contributed by atoms with E-state index in [1.807, 2.05) is 6.07 Å². The molecule has 1 aliphatic rings. The largest absolute Gasteiger partial charge is 0.461 e. The molecule has 2 rings (SSSR count). The molecule has 2 N–H and O–H groups in total. The zero-order valence-corrected chi connectivity index (χ0v) is 20.8. The zero-order valence-electron chi connectivity index (χ0n) is 20.8. The number of aliphatic hydroxyl groups is 2. The number of aliphatic hydroxyl groups excluding tert-OH is 2. The van der Waals surface area contributed by atoms with Crippen molar-refractivity contribution >= 4 is 11.9 Å². The fourth-order valence-corrected chi connectivity index (χ4v) is 4.51. The highest BCUT2D eigenvalue weighted by molar-refractivity contribution is 5.88. The Hall–Kier alpha value is -2.51. The maximum absolute atomic E-state index is 15.2. The van der Waals surface area contributed by atoms with Crippen LogP contribution < -0.4 is 0 Å². The molecule has 0 heterocycles. The molecule has 0 spiro atoms. The summed E-state index contributed by atoms with van der Waals surface area (Å²) in [7, 11) is 0. The maximum atomic E-state index is 15.2. The molecule has 0 aliphatic heterocycles. The molecule has 1 fully saturated rings. The molecular weight excluding hydrogens is 451 g/mol. The van der Waals surface area contributed by atoms with E-state index >= 15 is 4.39 Å². The highest BCUT2D eigenvalue weighted by Gasteiger charge is 2.25. The first-order chi connectivity index (χ1) is 16.8. The predicted octanol–water partition coefficient (Wildman–Crippen LogP) is 4.95. The van der Waals surface area contributed by atoms with Crippen molar-refractivity contribution < 1.29 is 33.7 Å². The van der Waals surface area contributed by atoms with Crippen molar-refractivity contribution in [2.45, 2.75) is 70.1 Å². The van der Waals surface area contributed by atoms with E-state index < -0.39 is 36.9 Å². The Labute approximate surface area is 207 Å². The molecule has 0 saturated heterocycles. The zero-order chi connectivity index (χ0) is 25.8. The molecule has 0 unspecified atom stereocenters. The number of hydrogen-bond acceptors (Lipinski definition) is 6. The van der Waals surface area contributed by atoms with Gasteiger partial charge in [0.1, 0.15) is 19.0 Å². The summed E-state index contributed by atoms with van der Waals surface area (Å²) in [5.41, 5.74) is 0.950. The van der Waals surface area contributed by atoms with Crippen LogP contribution in [0.4, 0.5) is 4.39 Å². The first-order valence-corrected chi connectivity index (χ1v) is 12.5. The number of unbranched alkanes of at least 4 members (excludes halogenated alkanes) is 2. The molecule has 0 radical (unpaired) electrons. The predicted molar refractivity (Wildman–Crippen MR) is 132 cm³/mol. The summed E-state index contributed by atoms with van der Waals surface area (Å²) in [6.45, 7) is 7.40. The molecule has 6 nitrogen and oxygen atoms in total. The number of ether oxygens (including phenoxy) is 2. The topological polar surface area (TPSA) is 93.1 Å². The van der Waals surface area contributed by atoms with E-state index in [1.165, 1.54) is 31.7 Å². The van der Waals surface area contributed by atoms with Crippen molar-refractivity contribution in [3.05, 3.63) is 59.4 Å². The smallest absolute Gasteiger partial charge is 0.335 e. The molecule has 35 heavy (non-hydrogen) atoms. The van der Waals surface area contributed by atoms with Gasteiger partial charge in [-0.1, -0.05) is 57.9 Å². The highest BCUT2D eigenvalue weighted by Crippen LogP contribution is 2.38. The van der Waals surface area contributed by atoms with Crippen LogP contribution in [0.3, 0.4) is 0 Å². The minimum absolute atomic E-state index is 0.129. The minimum Gasteiger partial charge on any atom is -0.461 e. The van der Waals surface area contributed by atoms with Crippen LogP contribution in [0.2, 0.25) is 0 Å². The Morgan fingerprint density at radius 2 is 1.57 bits per heavy atom. The van der Waals surface area contributed by atoms with Gasteiger partial charge in [0.05, 0.1) is 30.3 Å². The lowest BCUT2D eigenvalue weighted by atomic mass is 9.76. The average Bonchev–Trinajstić information content (AvgIpc) is 2.88. The van der Waals surface area contributed by atoms with Gasteiger partial charge in [-0.3, -0.25) is 0 Å². The summed E-state index contributed by atoms with van der Waals surface area (Å²) in [6.07, 6.45) is 9.47. The molecule has 1 aromatic rings. The van der Waals surface area contributed by atoms with E-state index in [0.717, 1.165) is 37.2 Å². The Balaban J connectivity index is 2.08. The molecule has 1 aliphatic carbocycles. The molecule has 194 valence electrons. The van der Waals surface area contributed by atoms with Gasteiger partial charge in [0.25, 0.3) is 0 Å². The van der Waals surface area contributed by atoms with Crippen molar-refractivity contribution in [3.63, 3.8) is 0 Å². The van der Waals surface area contributed by atoms with Gasteiger partial charge in [0, 0.05) is 0 Å². The lowest BCUT2D eigenvalue weighted by molar-refractivity contribution is -0.143. The standard InChI is InChI=1S/C28H39FO6/c1-4-5-6-7-21-8-10-22(11-9-21)23-12-13-25(26(29)14-23)24(17-34-27(32)19(2)15-30)18-35-28(33)20(3)16-31/h12-14,21-22,24,30-31H,2-11,15-18H2,1H3. The summed E-state index contributed by atoms with van der Waals surface area (Å²) in [6, 6.07) is 5.09. The van der Waals surface area contributed by atoms with Crippen molar-refractivity contribution in [3.8, 4) is 0 Å². The molecule has 0 atom stereocenters. The van der Waals surface area contributed by atoms with E-state index in [2.05, 4.69) is 20.1 Å². The Kier molecular flexibility index (Phi) is 12.1. The van der Waals surface area contributed by atoms with Gasteiger partial charge in [-0.25, -0.2) is 14.0 Å². The number of esters is 2. The van der Waals surface area contributed by atoms with Gasteiger partial charge >= 0.3 is 11.9 Å². The normalized spacial score (nSPS) is 17.7. The summed E-state index contributed by atoms with van der Waals surface area (Å²) in [4.78, 5) is 23.9. The maximum Gasteiger partial charge on any atom is 0.335 e.